The number of carbonyl (C=O) groups excluding carboxylic acids is 2. The van der Waals surface area contributed by atoms with Crippen molar-refractivity contribution in [3.63, 3.8) is 0 Å². The van der Waals surface area contributed by atoms with Crippen molar-refractivity contribution in [1.82, 2.24) is 9.78 Å². The number of hydrogen-bond acceptors (Lipinski definition) is 4. The molecule has 1 aromatic carbocycles. The third-order valence-corrected chi connectivity index (χ3v) is 3.93. The Kier molecular flexibility index (Phi) is 3.87. The second-order valence-electron chi connectivity index (χ2n) is 5.84. The van der Waals surface area contributed by atoms with Gasteiger partial charge < -0.3 is 16.4 Å². The molecule has 1 aliphatic rings. The zero-order valence-corrected chi connectivity index (χ0v) is 12.8. The van der Waals surface area contributed by atoms with Crippen LogP contribution in [0, 0.1) is 0 Å². The molecule has 1 saturated carbocycles. The van der Waals surface area contributed by atoms with Gasteiger partial charge in [0.25, 0.3) is 0 Å². The average Bonchev–Trinajstić information content (AvgIpc) is 3.07. The first-order chi connectivity index (χ1) is 11.0. The van der Waals surface area contributed by atoms with E-state index >= 15 is 0 Å². The highest BCUT2D eigenvalue weighted by Gasteiger charge is 2.45. The van der Waals surface area contributed by atoms with Crippen molar-refractivity contribution in [1.29, 1.82) is 0 Å². The first-order valence-corrected chi connectivity index (χ1v) is 7.48. The number of rotatable bonds is 5. The lowest BCUT2D eigenvalue weighted by atomic mass is 10.2. The Morgan fingerprint density at radius 1 is 1.26 bits per heavy atom. The Hall–Kier alpha value is -2.67. The van der Waals surface area contributed by atoms with E-state index in [1.807, 2.05) is 0 Å². The van der Waals surface area contributed by atoms with Crippen LogP contribution in [0.2, 0.25) is 0 Å². The highest BCUT2D eigenvalue weighted by molar-refractivity contribution is 6.01. The zero-order chi connectivity index (χ0) is 16.4. The number of carbonyl (C=O) groups is 2. The van der Waals surface area contributed by atoms with E-state index in [-0.39, 0.29) is 11.8 Å². The normalized spacial score (nSPS) is 16.4. The molecule has 0 bridgehead atoms. The highest BCUT2D eigenvalue weighted by Crippen LogP contribution is 2.33. The molecule has 23 heavy (non-hydrogen) atoms. The van der Waals surface area contributed by atoms with Crippen molar-refractivity contribution >= 4 is 23.2 Å². The Morgan fingerprint density at radius 2 is 1.96 bits per heavy atom. The first-order valence-electron chi connectivity index (χ1n) is 7.48. The predicted octanol–water partition coefficient (Wildman–Crippen LogP) is 1.51. The molecule has 1 unspecified atom stereocenters. The lowest BCUT2D eigenvalue weighted by Gasteiger charge is -2.14. The largest absolute Gasteiger partial charge is 0.324 e. The molecule has 4 N–H and O–H groups in total. The fourth-order valence-corrected chi connectivity index (χ4v) is 2.17. The topological polar surface area (TPSA) is 102 Å². The number of benzene rings is 1. The number of hydrogen-bond donors (Lipinski definition) is 3. The molecular weight excluding hydrogens is 294 g/mol. The van der Waals surface area contributed by atoms with Gasteiger partial charge in [0.1, 0.15) is 6.04 Å². The van der Waals surface area contributed by atoms with Crippen LogP contribution in [0.5, 0.6) is 0 Å². The van der Waals surface area contributed by atoms with E-state index in [1.54, 1.807) is 54.3 Å². The van der Waals surface area contributed by atoms with Gasteiger partial charge in [0.15, 0.2) is 0 Å². The van der Waals surface area contributed by atoms with Gasteiger partial charge in [-0.1, -0.05) is 6.07 Å². The van der Waals surface area contributed by atoms with Crippen molar-refractivity contribution in [2.24, 2.45) is 5.73 Å². The molecule has 7 heteroatoms. The number of nitrogens with two attached hydrogens (primary N) is 1. The summed E-state index contributed by atoms with van der Waals surface area (Å²) in [5.74, 6) is -0.374. The molecule has 1 aromatic heterocycles. The van der Waals surface area contributed by atoms with Crippen molar-refractivity contribution in [2.75, 3.05) is 10.6 Å². The molecule has 3 rings (SSSR count). The van der Waals surface area contributed by atoms with Crippen LogP contribution in [0.3, 0.4) is 0 Å². The Labute approximate surface area is 133 Å². The van der Waals surface area contributed by atoms with Crippen LogP contribution in [0.25, 0.3) is 0 Å². The molecule has 1 aliphatic carbocycles. The van der Waals surface area contributed by atoms with Gasteiger partial charge in [-0.2, -0.15) is 5.10 Å². The number of aromatic nitrogens is 2. The van der Waals surface area contributed by atoms with Crippen LogP contribution >= 0.6 is 0 Å². The summed E-state index contributed by atoms with van der Waals surface area (Å²) in [6.45, 7) is 1.76. The quantitative estimate of drug-likeness (QED) is 0.778. The smallest absolute Gasteiger partial charge is 0.248 e. The number of nitrogens with zero attached hydrogens (tertiary/aromatic N) is 2. The predicted molar refractivity (Wildman–Crippen MR) is 86.8 cm³/mol. The Balaban J connectivity index is 1.65. The summed E-state index contributed by atoms with van der Waals surface area (Å²) in [7, 11) is 0. The van der Waals surface area contributed by atoms with Crippen LogP contribution < -0.4 is 16.4 Å². The minimum absolute atomic E-state index is 0.185. The molecule has 0 saturated heterocycles. The lowest BCUT2D eigenvalue weighted by molar-refractivity contribution is -0.119. The van der Waals surface area contributed by atoms with E-state index in [2.05, 4.69) is 15.7 Å². The average molecular weight is 313 g/mol. The molecule has 7 nitrogen and oxygen atoms in total. The third kappa shape index (κ3) is 3.40. The van der Waals surface area contributed by atoms with Gasteiger partial charge in [0.2, 0.25) is 11.8 Å². The summed E-state index contributed by atoms with van der Waals surface area (Å²) in [5.41, 5.74) is 6.34. The molecule has 2 amide bonds. The molecule has 0 radical (unpaired) electrons. The Morgan fingerprint density at radius 3 is 2.57 bits per heavy atom. The number of nitrogens with one attached hydrogen (secondary N) is 2. The van der Waals surface area contributed by atoms with Crippen molar-refractivity contribution in [3.05, 3.63) is 42.7 Å². The van der Waals surface area contributed by atoms with Gasteiger partial charge in [-0.05, 0) is 44.0 Å². The van der Waals surface area contributed by atoms with E-state index in [0.29, 0.717) is 24.2 Å². The molecule has 1 heterocycles. The van der Waals surface area contributed by atoms with Gasteiger partial charge >= 0.3 is 0 Å². The Bertz CT molecular complexity index is 722. The SMILES string of the molecule is CC(C(=O)Nc1cccc(NC(=O)C2(N)CC2)c1)n1cccn1. The summed E-state index contributed by atoms with van der Waals surface area (Å²) < 4.78 is 1.58. The molecule has 120 valence electrons. The van der Waals surface area contributed by atoms with E-state index in [1.165, 1.54) is 0 Å². The third-order valence-electron chi connectivity index (χ3n) is 3.93. The summed E-state index contributed by atoms with van der Waals surface area (Å²) in [6, 6.07) is 8.33. The number of amides is 2. The van der Waals surface area contributed by atoms with Crippen molar-refractivity contribution < 1.29 is 9.59 Å². The molecule has 0 aliphatic heterocycles. The maximum Gasteiger partial charge on any atom is 0.248 e. The molecule has 0 spiro atoms. The van der Waals surface area contributed by atoms with Gasteiger partial charge in [-0.15, -0.1) is 0 Å². The minimum atomic E-state index is -0.728. The summed E-state index contributed by atoms with van der Waals surface area (Å²) in [4.78, 5) is 24.2. The highest BCUT2D eigenvalue weighted by atomic mass is 16.2. The second-order valence-corrected chi connectivity index (χ2v) is 5.84. The van der Waals surface area contributed by atoms with Crippen LogP contribution in [-0.2, 0) is 9.59 Å². The minimum Gasteiger partial charge on any atom is -0.324 e. The zero-order valence-electron chi connectivity index (χ0n) is 12.8. The second kappa shape index (κ2) is 5.85. The maximum atomic E-state index is 12.2. The number of anilines is 2. The molecule has 1 fully saturated rings. The molecule has 2 aromatic rings. The van der Waals surface area contributed by atoms with Crippen molar-refractivity contribution in [2.45, 2.75) is 31.3 Å². The standard InChI is InChI=1S/C16H19N5O2/c1-11(21-9-3-8-18-21)14(22)19-12-4-2-5-13(10-12)20-15(23)16(17)6-7-16/h2-5,8-11H,6-7,17H2,1H3,(H,19,22)(H,20,23). The van der Waals surface area contributed by atoms with Crippen LogP contribution in [-0.4, -0.2) is 27.1 Å². The van der Waals surface area contributed by atoms with E-state index in [0.717, 1.165) is 0 Å². The monoisotopic (exact) mass is 313 g/mol. The van der Waals surface area contributed by atoms with Crippen LogP contribution in [0.4, 0.5) is 11.4 Å². The van der Waals surface area contributed by atoms with Crippen molar-refractivity contribution in [3.8, 4) is 0 Å². The summed E-state index contributed by atoms with van der Waals surface area (Å²) in [5, 5.41) is 9.65. The van der Waals surface area contributed by atoms with Gasteiger partial charge in [0.05, 0.1) is 5.54 Å². The van der Waals surface area contributed by atoms with E-state index in [4.69, 9.17) is 5.73 Å². The molecular formula is C16H19N5O2. The maximum absolute atomic E-state index is 12.2. The fourth-order valence-electron chi connectivity index (χ4n) is 2.17. The summed E-state index contributed by atoms with van der Waals surface area (Å²) >= 11 is 0. The molecule has 1 atom stereocenters. The fraction of sp³-hybridized carbons (Fsp3) is 0.312. The van der Waals surface area contributed by atoms with Crippen LogP contribution in [0.1, 0.15) is 25.8 Å². The van der Waals surface area contributed by atoms with E-state index in [9.17, 15) is 9.59 Å². The first kappa shape index (κ1) is 15.2. The lowest BCUT2D eigenvalue weighted by Crippen LogP contribution is -2.37. The van der Waals surface area contributed by atoms with Gasteiger partial charge in [-0.25, -0.2) is 0 Å². The van der Waals surface area contributed by atoms with Crippen LogP contribution in [0.15, 0.2) is 42.7 Å². The van der Waals surface area contributed by atoms with E-state index < -0.39 is 11.6 Å². The van der Waals surface area contributed by atoms with Gasteiger partial charge in [-0.3, -0.25) is 14.3 Å². The summed E-state index contributed by atoms with van der Waals surface area (Å²) in [6.07, 6.45) is 4.77. The van der Waals surface area contributed by atoms with Gasteiger partial charge in [0, 0.05) is 23.8 Å².